The first kappa shape index (κ1) is 25.1. The molecule has 2 amide bonds. The molecule has 0 aromatic heterocycles. The highest BCUT2D eigenvalue weighted by Gasteiger charge is 2.29. The summed E-state index contributed by atoms with van der Waals surface area (Å²) in [7, 11) is 0. The van der Waals surface area contributed by atoms with E-state index in [0.717, 1.165) is 4.47 Å². The SMILES string of the molecule is CCC(C(=O)NCC(C)C)N(Cc1ccc(F)cc1)C(=O)COc1ccc(Br)cc1Cl. The van der Waals surface area contributed by atoms with Crippen molar-refractivity contribution in [2.45, 2.75) is 39.8 Å². The lowest BCUT2D eigenvalue weighted by atomic mass is 10.1. The van der Waals surface area contributed by atoms with Gasteiger partial charge >= 0.3 is 0 Å². The van der Waals surface area contributed by atoms with Gasteiger partial charge in [-0.25, -0.2) is 4.39 Å². The molecule has 0 heterocycles. The molecule has 0 aliphatic rings. The number of hydrogen-bond acceptors (Lipinski definition) is 3. The van der Waals surface area contributed by atoms with Crippen LogP contribution < -0.4 is 10.1 Å². The van der Waals surface area contributed by atoms with Gasteiger partial charge in [-0.05, 0) is 48.2 Å². The van der Waals surface area contributed by atoms with E-state index >= 15 is 0 Å². The number of carbonyl (C=O) groups excluding carboxylic acids is 2. The molecule has 1 N–H and O–H groups in total. The van der Waals surface area contributed by atoms with Crippen molar-refractivity contribution in [3.05, 3.63) is 63.3 Å². The summed E-state index contributed by atoms with van der Waals surface area (Å²) in [6.45, 7) is 6.23. The average molecular weight is 514 g/mol. The summed E-state index contributed by atoms with van der Waals surface area (Å²) in [5.41, 5.74) is 0.714. The third-order valence-electron chi connectivity index (χ3n) is 4.58. The maximum Gasteiger partial charge on any atom is 0.261 e. The molecule has 5 nitrogen and oxygen atoms in total. The van der Waals surface area contributed by atoms with Gasteiger partial charge < -0.3 is 15.0 Å². The summed E-state index contributed by atoms with van der Waals surface area (Å²) < 4.78 is 19.7. The van der Waals surface area contributed by atoms with Crippen molar-refractivity contribution in [2.75, 3.05) is 13.2 Å². The Balaban J connectivity index is 2.20. The van der Waals surface area contributed by atoms with Gasteiger partial charge in [-0.2, -0.15) is 0 Å². The lowest BCUT2D eigenvalue weighted by Gasteiger charge is -2.31. The van der Waals surface area contributed by atoms with Gasteiger partial charge in [0, 0.05) is 17.6 Å². The van der Waals surface area contributed by atoms with Crippen molar-refractivity contribution < 1.29 is 18.7 Å². The van der Waals surface area contributed by atoms with Crippen LogP contribution in [0, 0.1) is 11.7 Å². The predicted molar refractivity (Wildman–Crippen MR) is 124 cm³/mol. The van der Waals surface area contributed by atoms with Gasteiger partial charge in [0.1, 0.15) is 17.6 Å². The van der Waals surface area contributed by atoms with Crippen LogP contribution in [0.15, 0.2) is 46.9 Å². The highest BCUT2D eigenvalue weighted by atomic mass is 79.9. The average Bonchev–Trinajstić information content (AvgIpc) is 2.72. The lowest BCUT2D eigenvalue weighted by molar-refractivity contribution is -0.143. The van der Waals surface area contributed by atoms with Gasteiger partial charge in [0.2, 0.25) is 5.91 Å². The molecular formula is C23H27BrClFN2O3. The molecule has 0 radical (unpaired) electrons. The number of benzene rings is 2. The predicted octanol–water partition coefficient (Wildman–Crippen LogP) is 5.20. The molecule has 1 atom stereocenters. The van der Waals surface area contributed by atoms with Gasteiger partial charge in [0.15, 0.2) is 6.61 Å². The minimum Gasteiger partial charge on any atom is -0.482 e. The summed E-state index contributed by atoms with van der Waals surface area (Å²) in [4.78, 5) is 27.4. The second kappa shape index (κ2) is 12.1. The molecular weight excluding hydrogens is 487 g/mol. The van der Waals surface area contributed by atoms with Crippen LogP contribution in [0.3, 0.4) is 0 Å². The number of amides is 2. The molecule has 1 unspecified atom stereocenters. The van der Waals surface area contributed by atoms with E-state index < -0.39 is 6.04 Å². The standard InChI is InChI=1S/C23H27BrClFN2O3/c1-4-20(23(30)27-12-15(2)3)28(13-16-5-8-18(26)9-6-16)22(29)14-31-21-10-7-17(24)11-19(21)25/h5-11,15,20H,4,12-14H2,1-3H3,(H,27,30). The highest BCUT2D eigenvalue weighted by Crippen LogP contribution is 2.28. The zero-order valence-electron chi connectivity index (χ0n) is 17.8. The van der Waals surface area contributed by atoms with E-state index in [-0.39, 0.29) is 36.7 Å². The Morgan fingerprint density at radius 2 is 1.87 bits per heavy atom. The maximum atomic E-state index is 13.3. The molecule has 168 valence electrons. The Morgan fingerprint density at radius 3 is 2.45 bits per heavy atom. The van der Waals surface area contributed by atoms with Crippen LogP contribution >= 0.6 is 27.5 Å². The van der Waals surface area contributed by atoms with Gasteiger partial charge in [0.05, 0.1) is 5.02 Å². The molecule has 31 heavy (non-hydrogen) atoms. The zero-order valence-corrected chi connectivity index (χ0v) is 20.2. The molecule has 0 saturated carbocycles. The Bertz CT molecular complexity index is 893. The first-order valence-corrected chi connectivity index (χ1v) is 11.3. The van der Waals surface area contributed by atoms with Gasteiger partial charge in [-0.15, -0.1) is 0 Å². The van der Waals surface area contributed by atoms with E-state index in [2.05, 4.69) is 21.2 Å². The van der Waals surface area contributed by atoms with E-state index in [0.29, 0.717) is 29.3 Å². The molecule has 2 rings (SSSR count). The number of halogens is 3. The second-order valence-electron chi connectivity index (χ2n) is 7.57. The molecule has 2 aromatic carbocycles. The van der Waals surface area contributed by atoms with Crippen molar-refractivity contribution in [1.82, 2.24) is 10.2 Å². The number of nitrogens with zero attached hydrogens (tertiary/aromatic N) is 1. The van der Waals surface area contributed by atoms with Crippen LogP contribution in [-0.2, 0) is 16.1 Å². The molecule has 0 spiro atoms. The van der Waals surface area contributed by atoms with E-state index in [1.54, 1.807) is 30.3 Å². The van der Waals surface area contributed by atoms with Crippen molar-refractivity contribution in [3.8, 4) is 5.75 Å². The molecule has 0 fully saturated rings. The second-order valence-corrected chi connectivity index (χ2v) is 8.90. The summed E-state index contributed by atoms with van der Waals surface area (Å²) in [6.07, 6.45) is 0.426. The number of rotatable bonds is 10. The Kier molecular flexibility index (Phi) is 9.78. The van der Waals surface area contributed by atoms with Crippen LogP contribution in [0.2, 0.25) is 5.02 Å². The third kappa shape index (κ3) is 7.82. The summed E-state index contributed by atoms with van der Waals surface area (Å²) >= 11 is 9.49. The van der Waals surface area contributed by atoms with Crippen molar-refractivity contribution >= 4 is 39.3 Å². The Morgan fingerprint density at radius 1 is 1.19 bits per heavy atom. The first-order valence-electron chi connectivity index (χ1n) is 10.1. The third-order valence-corrected chi connectivity index (χ3v) is 5.37. The monoisotopic (exact) mass is 512 g/mol. The topological polar surface area (TPSA) is 58.6 Å². The molecule has 0 bridgehead atoms. The highest BCUT2D eigenvalue weighted by molar-refractivity contribution is 9.10. The molecule has 0 saturated heterocycles. The first-order chi connectivity index (χ1) is 14.7. The maximum absolute atomic E-state index is 13.3. The van der Waals surface area contributed by atoms with Crippen molar-refractivity contribution in [1.29, 1.82) is 0 Å². The molecule has 2 aromatic rings. The zero-order chi connectivity index (χ0) is 23.0. The molecule has 8 heteroatoms. The minimum absolute atomic E-state index is 0.157. The summed E-state index contributed by atoms with van der Waals surface area (Å²) in [6, 6.07) is 10.3. The van der Waals surface area contributed by atoms with Crippen molar-refractivity contribution in [2.24, 2.45) is 5.92 Å². The fourth-order valence-electron chi connectivity index (χ4n) is 2.94. The molecule has 0 aliphatic heterocycles. The van der Waals surface area contributed by atoms with E-state index in [4.69, 9.17) is 16.3 Å². The number of nitrogens with one attached hydrogen (secondary N) is 1. The number of hydrogen-bond donors (Lipinski definition) is 1. The molecule has 0 aliphatic carbocycles. The fraction of sp³-hybridized carbons (Fsp3) is 0.391. The van der Waals surface area contributed by atoms with E-state index in [9.17, 15) is 14.0 Å². The van der Waals surface area contributed by atoms with Gasteiger partial charge in [-0.1, -0.05) is 60.4 Å². The van der Waals surface area contributed by atoms with Crippen LogP contribution in [0.25, 0.3) is 0 Å². The summed E-state index contributed by atoms with van der Waals surface area (Å²) in [5.74, 6) is -0.303. The Hall–Kier alpha value is -2.12. The normalized spacial score (nSPS) is 11.8. The minimum atomic E-state index is -0.680. The number of ether oxygens (including phenoxy) is 1. The van der Waals surface area contributed by atoms with Crippen molar-refractivity contribution in [3.63, 3.8) is 0 Å². The number of carbonyl (C=O) groups is 2. The van der Waals surface area contributed by atoms with E-state index in [1.165, 1.54) is 17.0 Å². The largest absolute Gasteiger partial charge is 0.482 e. The van der Waals surface area contributed by atoms with Crippen LogP contribution in [0.4, 0.5) is 4.39 Å². The Labute approximate surface area is 196 Å². The van der Waals surface area contributed by atoms with E-state index in [1.807, 2.05) is 20.8 Å². The quantitative estimate of drug-likeness (QED) is 0.475. The van der Waals surface area contributed by atoms with Crippen LogP contribution in [-0.4, -0.2) is 35.9 Å². The smallest absolute Gasteiger partial charge is 0.261 e. The summed E-state index contributed by atoms with van der Waals surface area (Å²) in [5, 5.41) is 3.26. The lowest BCUT2D eigenvalue weighted by Crippen LogP contribution is -2.50. The van der Waals surface area contributed by atoms with Gasteiger partial charge in [0.25, 0.3) is 5.91 Å². The fourth-order valence-corrected chi connectivity index (χ4v) is 3.67. The van der Waals surface area contributed by atoms with Gasteiger partial charge in [-0.3, -0.25) is 9.59 Å². The van der Waals surface area contributed by atoms with Crippen LogP contribution in [0.5, 0.6) is 5.75 Å². The van der Waals surface area contributed by atoms with Crippen LogP contribution in [0.1, 0.15) is 32.8 Å².